The van der Waals surface area contributed by atoms with Crippen LogP contribution in [0.25, 0.3) is 0 Å². The van der Waals surface area contributed by atoms with Crippen molar-refractivity contribution >= 4 is 5.91 Å². The molecule has 1 amide bonds. The molecule has 0 aromatic heterocycles. The Morgan fingerprint density at radius 1 is 0.852 bits per heavy atom. The Bertz CT molecular complexity index is 886. The molecule has 0 spiro atoms. The van der Waals surface area contributed by atoms with E-state index in [-0.39, 0.29) is 5.91 Å². The van der Waals surface area contributed by atoms with Crippen molar-refractivity contribution in [2.24, 2.45) is 0 Å². The van der Waals surface area contributed by atoms with E-state index < -0.39 is 0 Å². The van der Waals surface area contributed by atoms with E-state index in [1.807, 2.05) is 74.5 Å². The van der Waals surface area contributed by atoms with Crippen LogP contribution < -0.4 is 10.1 Å². The van der Waals surface area contributed by atoms with Gasteiger partial charge in [0.2, 0.25) is 0 Å². The van der Waals surface area contributed by atoms with E-state index in [1.165, 1.54) is 11.1 Å². The number of hydrogen-bond acceptors (Lipinski definition) is 2. The molecule has 27 heavy (non-hydrogen) atoms. The summed E-state index contributed by atoms with van der Waals surface area (Å²) in [5.74, 6) is 0.506. The van der Waals surface area contributed by atoms with Gasteiger partial charge in [-0.3, -0.25) is 4.79 Å². The monoisotopic (exact) mass is 359 g/mol. The fourth-order valence-electron chi connectivity index (χ4n) is 2.85. The van der Waals surface area contributed by atoms with Crippen LogP contribution in [0.5, 0.6) is 5.75 Å². The Labute approximate surface area is 161 Å². The first kappa shape index (κ1) is 18.7. The van der Waals surface area contributed by atoms with E-state index in [2.05, 4.69) is 17.4 Å². The van der Waals surface area contributed by atoms with E-state index in [1.54, 1.807) is 0 Å². The van der Waals surface area contributed by atoms with E-state index in [9.17, 15) is 4.79 Å². The van der Waals surface area contributed by atoms with E-state index in [0.717, 1.165) is 17.5 Å². The van der Waals surface area contributed by atoms with Gasteiger partial charge in [0.05, 0.1) is 12.2 Å². The largest absolute Gasteiger partial charge is 0.492 e. The number of carbonyl (C=O) groups is 1. The Balaban J connectivity index is 1.63. The minimum Gasteiger partial charge on any atom is -0.492 e. The third-order valence-electron chi connectivity index (χ3n) is 4.44. The summed E-state index contributed by atoms with van der Waals surface area (Å²) in [6.45, 7) is 5.06. The number of benzene rings is 3. The predicted molar refractivity (Wildman–Crippen MR) is 109 cm³/mol. The van der Waals surface area contributed by atoms with Gasteiger partial charge in [-0.05, 0) is 37.1 Å². The summed E-state index contributed by atoms with van der Waals surface area (Å²) in [5, 5.41) is 2.99. The summed E-state index contributed by atoms with van der Waals surface area (Å²) in [5.41, 5.74) is 5.11. The Morgan fingerprint density at radius 3 is 2.30 bits per heavy atom. The molecule has 0 bridgehead atoms. The summed E-state index contributed by atoms with van der Waals surface area (Å²) in [4.78, 5) is 12.7. The molecule has 0 aliphatic heterocycles. The summed E-state index contributed by atoms with van der Waals surface area (Å²) in [6.07, 6.45) is 0.805. The second-order valence-corrected chi connectivity index (χ2v) is 6.75. The zero-order chi connectivity index (χ0) is 19.1. The third kappa shape index (κ3) is 5.45. The maximum atomic E-state index is 12.7. The number of nitrogens with one attached hydrogen (secondary N) is 1. The predicted octanol–water partition coefficient (Wildman–Crippen LogP) is 4.85. The molecule has 3 aromatic carbocycles. The maximum Gasteiger partial charge on any atom is 0.255 e. The lowest BCUT2D eigenvalue weighted by Gasteiger charge is -2.13. The van der Waals surface area contributed by atoms with Gasteiger partial charge in [0, 0.05) is 13.0 Å². The Morgan fingerprint density at radius 2 is 1.56 bits per heavy atom. The molecule has 0 saturated carbocycles. The molecule has 0 heterocycles. The van der Waals surface area contributed by atoms with Crippen LogP contribution >= 0.6 is 0 Å². The minimum absolute atomic E-state index is 0.117. The number of hydrogen-bond donors (Lipinski definition) is 1. The number of carbonyl (C=O) groups excluding carboxylic acids is 1. The van der Waals surface area contributed by atoms with Crippen molar-refractivity contribution < 1.29 is 9.53 Å². The third-order valence-corrected chi connectivity index (χ3v) is 4.44. The second-order valence-electron chi connectivity index (χ2n) is 6.75. The minimum atomic E-state index is -0.117. The molecule has 0 unspecified atom stereocenters. The van der Waals surface area contributed by atoms with Crippen LogP contribution in [0.2, 0.25) is 0 Å². The zero-order valence-electron chi connectivity index (χ0n) is 15.9. The fraction of sp³-hybridized carbons (Fsp3) is 0.208. The smallest absolute Gasteiger partial charge is 0.255 e. The first-order valence-electron chi connectivity index (χ1n) is 9.23. The summed E-state index contributed by atoms with van der Waals surface area (Å²) in [6, 6.07) is 24.1. The molecule has 0 atom stereocenters. The number of ether oxygens (including phenoxy) is 1. The molecule has 0 aliphatic carbocycles. The van der Waals surface area contributed by atoms with E-state index >= 15 is 0 Å². The molecular weight excluding hydrogens is 334 g/mol. The molecule has 0 saturated heterocycles. The molecule has 0 radical (unpaired) electrons. The van der Waals surface area contributed by atoms with Crippen LogP contribution in [-0.2, 0) is 13.0 Å². The summed E-state index contributed by atoms with van der Waals surface area (Å²) in [7, 11) is 0. The van der Waals surface area contributed by atoms with Crippen LogP contribution in [0.3, 0.4) is 0 Å². The van der Waals surface area contributed by atoms with Crippen LogP contribution in [0.1, 0.15) is 32.6 Å². The van der Waals surface area contributed by atoms with Gasteiger partial charge in [0.25, 0.3) is 5.91 Å². The van der Waals surface area contributed by atoms with Crippen molar-refractivity contribution in [3.63, 3.8) is 0 Å². The zero-order valence-corrected chi connectivity index (χ0v) is 15.9. The van der Waals surface area contributed by atoms with Crippen molar-refractivity contribution in [3.8, 4) is 5.75 Å². The maximum absolute atomic E-state index is 12.7. The molecule has 138 valence electrons. The highest BCUT2D eigenvalue weighted by atomic mass is 16.5. The Kier molecular flexibility index (Phi) is 6.26. The highest BCUT2D eigenvalue weighted by molar-refractivity contribution is 5.97. The average molecular weight is 359 g/mol. The molecule has 0 fully saturated rings. The Hall–Kier alpha value is -3.07. The molecule has 3 aromatic rings. The van der Waals surface area contributed by atoms with Crippen molar-refractivity contribution in [2.45, 2.75) is 26.8 Å². The topological polar surface area (TPSA) is 38.3 Å². The van der Waals surface area contributed by atoms with Crippen LogP contribution in [0.15, 0.2) is 72.8 Å². The molecular formula is C24H25NO2. The highest BCUT2D eigenvalue weighted by Crippen LogP contribution is 2.20. The van der Waals surface area contributed by atoms with Gasteiger partial charge in [0.1, 0.15) is 5.75 Å². The van der Waals surface area contributed by atoms with Gasteiger partial charge in [-0.15, -0.1) is 0 Å². The number of aryl methyl sites for hydroxylation is 2. The molecule has 3 heteroatoms. The highest BCUT2D eigenvalue weighted by Gasteiger charge is 2.13. The fourth-order valence-corrected chi connectivity index (χ4v) is 2.85. The SMILES string of the molecule is Cc1ccc(CNC(=O)c2cc(C)ccc2OCCc2ccccc2)cc1. The second kappa shape index (κ2) is 9.04. The summed E-state index contributed by atoms with van der Waals surface area (Å²) < 4.78 is 5.92. The van der Waals surface area contributed by atoms with E-state index in [4.69, 9.17) is 4.74 Å². The first-order chi connectivity index (χ1) is 13.1. The van der Waals surface area contributed by atoms with Crippen molar-refractivity contribution in [3.05, 3.63) is 101 Å². The average Bonchev–Trinajstić information content (AvgIpc) is 2.69. The van der Waals surface area contributed by atoms with E-state index in [0.29, 0.717) is 24.5 Å². The van der Waals surface area contributed by atoms with Gasteiger partial charge in [-0.25, -0.2) is 0 Å². The van der Waals surface area contributed by atoms with Gasteiger partial charge in [-0.1, -0.05) is 71.8 Å². The lowest BCUT2D eigenvalue weighted by atomic mass is 10.1. The van der Waals surface area contributed by atoms with Crippen molar-refractivity contribution in [1.29, 1.82) is 0 Å². The number of rotatable bonds is 7. The van der Waals surface area contributed by atoms with Crippen molar-refractivity contribution in [1.82, 2.24) is 5.32 Å². The molecule has 3 rings (SSSR count). The van der Waals surface area contributed by atoms with Gasteiger partial charge in [0.15, 0.2) is 0 Å². The lowest BCUT2D eigenvalue weighted by Crippen LogP contribution is -2.23. The van der Waals surface area contributed by atoms with Gasteiger partial charge < -0.3 is 10.1 Å². The number of amides is 1. The van der Waals surface area contributed by atoms with Crippen LogP contribution in [0.4, 0.5) is 0 Å². The molecule has 3 nitrogen and oxygen atoms in total. The first-order valence-corrected chi connectivity index (χ1v) is 9.23. The van der Waals surface area contributed by atoms with Crippen LogP contribution in [-0.4, -0.2) is 12.5 Å². The van der Waals surface area contributed by atoms with Crippen LogP contribution in [0, 0.1) is 13.8 Å². The normalized spacial score (nSPS) is 10.4. The van der Waals surface area contributed by atoms with Crippen molar-refractivity contribution in [2.75, 3.05) is 6.61 Å². The lowest BCUT2D eigenvalue weighted by molar-refractivity contribution is 0.0947. The van der Waals surface area contributed by atoms with Gasteiger partial charge in [-0.2, -0.15) is 0 Å². The molecule has 0 aliphatic rings. The molecule has 1 N–H and O–H groups in total. The summed E-state index contributed by atoms with van der Waals surface area (Å²) >= 11 is 0. The quantitative estimate of drug-likeness (QED) is 0.654. The van der Waals surface area contributed by atoms with Gasteiger partial charge >= 0.3 is 0 Å². The standard InChI is InChI=1S/C24H25NO2/c1-18-8-11-21(12-9-18)17-25-24(26)22-16-19(2)10-13-23(22)27-15-14-20-6-4-3-5-7-20/h3-13,16H,14-15,17H2,1-2H3,(H,25,26).